The van der Waals surface area contributed by atoms with E-state index in [-0.39, 0.29) is 11.0 Å². The highest BCUT2D eigenvalue weighted by Gasteiger charge is 2.10. The molecule has 0 spiro atoms. The van der Waals surface area contributed by atoms with E-state index in [0.717, 1.165) is 5.56 Å². The summed E-state index contributed by atoms with van der Waals surface area (Å²) in [4.78, 5) is 13.5. The molecule has 0 aromatic heterocycles. The summed E-state index contributed by atoms with van der Waals surface area (Å²) >= 11 is 6.94. The van der Waals surface area contributed by atoms with Crippen molar-refractivity contribution in [2.24, 2.45) is 0 Å². The molecule has 0 bridgehead atoms. The number of carbonyl (C=O) groups is 1. The fourth-order valence-electron chi connectivity index (χ4n) is 1.37. The second-order valence-electron chi connectivity index (χ2n) is 3.51. The quantitative estimate of drug-likeness (QED) is 0.908. The highest BCUT2D eigenvalue weighted by Crippen LogP contribution is 2.26. The molecule has 0 heterocycles. The molecule has 1 rings (SSSR count). The van der Waals surface area contributed by atoms with Gasteiger partial charge in [0.15, 0.2) is 0 Å². The van der Waals surface area contributed by atoms with Gasteiger partial charge in [-0.15, -0.1) is 0 Å². The van der Waals surface area contributed by atoms with Crippen molar-refractivity contribution in [3.63, 3.8) is 0 Å². The first-order valence-corrected chi connectivity index (χ1v) is 6.83. The predicted octanol–water partition coefficient (Wildman–Crippen LogP) is 3.74. The van der Waals surface area contributed by atoms with Crippen molar-refractivity contribution >= 4 is 28.6 Å². The predicted molar refractivity (Wildman–Crippen MR) is 72.7 cm³/mol. The summed E-state index contributed by atoms with van der Waals surface area (Å²) < 4.78 is 0. The van der Waals surface area contributed by atoms with Gasteiger partial charge in [0.25, 0.3) is 5.24 Å². The summed E-state index contributed by atoms with van der Waals surface area (Å²) in [5.74, 6) is 0.597. The van der Waals surface area contributed by atoms with Crippen LogP contribution >= 0.6 is 23.4 Å². The Morgan fingerprint density at radius 1 is 1.41 bits per heavy atom. The summed E-state index contributed by atoms with van der Waals surface area (Å²) in [5, 5.41) is 9.82. The van der Waals surface area contributed by atoms with Crippen LogP contribution < -0.4 is 0 Å². The number of phenolic OH excluding ortho intramolecular Hbond substituents is 1. The Hall–Kier alpha value is -0.870. The van der Waals surface area contributed by atoms with Gasteiger partial charge in [-0.25, -0.2) is 0 Å². The molecule has 0 aliphatic rings. The Kier molecular flexibility index (Phi) is 5.65. The first-order valence-electron chi connectivity index (χ1n) is 5.47. The molecule has 1 aromatic carbocycles. The van der Waals surface area contributed by atoms with Crippen molar-refractivity contribution in [2.45, 2.75) is 19.6 Å². The van der Waals surface area contributed by atoms with Crippen molar-refractivity contribution in [1.29, 1.82) is 0 Å². The van der Waals surface area contributed by atoms with Crippen LogP contribution in [0.3, 0.4) is 0 Å². The monoisotopic (exact) mass is 273 g/mol. The maximum absolute atomic E-state index is 11.7. The van der Waals surface area contributed by atoms with Gasteiger partial charge in [-0.05, 0) is 31.5 Å². The lowest BCUT2D eigenvalue weighted by Crippen LogP contribution is -2.26. The largest absolute Gasteiger partial charge is 0.506 e. The van der Waals surface area contributed by atoms with Crippen LogP contribution in [-0.2, 0) is 5.75 Å². The van der Waals surface area contributed by atoms with E-state index in [1.54, 1.807) is 17.0 Å². The summed E-state index contributed by atoms with van der Waals surface area (Å²) in [6, 6.07) is 5.03. The molecule has 1 amide bonds. The first kappa shape index (κ1) is 14.2. The standard InChI is InChI=1S/C12H16ClNO2S/c1-3-14(4-2)12(16)17-8-9-5-6-10(13)11(15)7-9/h5-7,15H,3-4,8H2,1-2H3. The average molecular weight is 274 g/mol. The molecule has 0 unspecified atom stereocenters. The summed E-state index contributed by atoms with van der Waals surface area (Å²) in [6.45, 7) is 5.34. The van der Waals surface area contributed by atoms with Gasteiger partial charge >= 0.3 is 0 Å². The van der Waals surface area contributed by atoms with Gasteiger partial charge in [0, 0.05) is 18.8 Å². The fourth-order valence-corrected chi connectivity index (χ4v) is 2.39. The van der Waals surface area contributed by atoms with E-state index in [4.69, 9.17) is 11.6 Å². The first-order chi connectivity index (χ1) is 8.08. The van der Waals surface area contributed by atoms with Gasteiger partial charge in [-0.3, -0.25) is 4.79 Å². The highest BCUT2D eigenvalue weighted by molar-refractivity contribution is 8.12. The van der Waals surface area contributed by atoms with Crippen molar-refractivity contribution < 1.29 is 9.90 Å². The van der Waals surface area contributed by atoms with Crippen molar-refractivity contribution in [2.75, 3.05) is 13.1 Å². The molecule has 3 nitrogen and oxygen atoms in total. The van der Waals surface area contributed by atoms with E-state index >= 15 is 0 Å². The topological polar surface area (TPSA) is 40.5 Å². The lowest BCUT2D eigenvalue weighted by molar-refractivity contribution is 0.228. The van der Waals surface area contributed by atoms with Crippen LogP contribution in [-0.4, -0.2) is 28.3 Å². The van der Waals surface area contributed by atoms with Crippen molar-refractivity contribution in [1.82, 2.24) is 4.90 Å². The van der Waals surface area contributed by atoms with E-state index in [0.29, 0.717) is 23.9 Å². The van der Waals surface area contributed by atoms with Gasteiger partial charge in [0.1, 0.15) is 5.75 Å². The van der Waals surface area contributed by atoms with Crippen LogP contribution in [0.15, 0.2) is 18.2 Å². The molecule has 1 N–H and O–H groups in total. The number of hydrogen-bond donors (Lipinski definition) is 1. The summed E-state index contributed by atoms with van der Waals surface area (Å²) in [6.07, 6.45) is 0. The second kappa shape index (κ2) is 6.77. The lowest BCUT2D eigenvalue weighted by Gasteiger charge is -2.17. The minimum absolute atomic E-state index is 0.0556. The van der Waals surface area contributed by atoms with Crippen LogP contribution in [0.25, 0.3) is 0 Å². The van der Waals surface area contributed by atoms with Crippen LogP contribution in [0.2, 0.25) is 5.02 Å². The number of halogens is 1. The molecular formula is C12H16ClNO2S. The summed E-state index contributed by atoms with van der Waals surface area (Å²) in [5.41, 5.74) is 0.886. The minimum atomic E-state index is 0.0556. The molecule has 0 saturated heterocycles. The van der Waals surface area contributed by atoms with Crippen LogP contribution in [0.1, 0.15) is 19.4 Å². The maximum Gasteiger partial charge on any atom is 0.281 e. The Morgan fingerprint density at radius 3 is 2.59 bits per heavy atom. The normalized spacial score (nSPS) is 10.3. The van der Waals surface area contributed by atoms with E-state index in [1.807, 2.05) is 19.9 Å². The minimum Gasteiger partial charge on any atom is -0.506 e. The van der Waals surface area contributed by atoms with E-state index in [1.165, 1.54) is 11.8 Å². The maximum atomic E-state index is 11.7. The third-order valence-electron chi connectivity index (χ3n) is 2.39. The molecular weight excluding hydrogens is 258 g/mol. The van der Waals surface area contributed by atoms with E-state index in [9.17, 15) is 9.90 Å². The number of benzene rings is 1. The molecule has 0 fully saturated rings. The Morgan fingerprint density at radius 2 is 2.06 bits per heavy atom. The zero-order valence-corrected chi connectivity index (χ0v) is 11.5. The molecule has 0 aliphatic carbocycles. The number of carbonyl (C=O) groups excluding carboxylic acids is 1. The molecule has 94 valence electrons. The van der Waals surface area contributed by atoms with Crippen LogP contribution in [0, 0.1) is 0 Å². The van der Waals surface area contributed by atoms with Crippen LogP contribution in [0.5, 0.6) is 5.75 Å². The second-order valence-corrected chi connectivity index (χ2v) is 4.85. The summed E-state index contributed by atoms with van der Waals surface area (Å²) in [7, 11) is 0. The van der Waals surface area contributed by atoms with Gasteiger partial charge < -0.3 is 10.0 Å². The number of thioether (sulfide) groups is 1. The van der Waals surface area contributed by atoms with Crippen molar-refractivity contribution in [3.8, 4) is 5.75 Å². The smallest absolute Gasteiger partial charge is 0.281 e. The Balaban J connectivity index is 2.55. The number of phenols is 1. The lowest BCUT2D eigenvalue weighted by atomic mass is 10.2. The zero-order chi connectivity index (χ0) is 12.8. The molecule has 5 heteroatoms. The Bertz CT molecular complexity index is 394. The van der Waals surface area contributed by atoms with Gasteiger partial charge in [0.2, 0.25) is 0 Å². The SMILES string of the molecule is CCN(CC)C(=O)SCc1ccc(Cl)c(O)c1. The number of nitrogens with zero attached hydrogens (tertiary/aromatic N) is 1. The van der Waals surface area contributed by atoms with E-state index in [2.05, 4.69) is 0 Å². The van der Waals surface area contributed by atoms with E-state index < -0.39 is 0 Å². The molecule has 0 saturated carbocycles. The molecule has 0 radical (unpaired) electrons. The third kappa shape index (κ3) is 4.13. The average Bonchev–Trinajstić information content (AvgIpc) is 2.32. The molecule has 17 heavy (non-hydrogen) atoms. The molecule has 0 aliphatic heterocycles. The van der Waals surface area contributed by atoms with Gasteiger partial charge in [-0.2, -0.15) is 0 Å². The Labute approximate surface area is 111 Å². The van der Waals surface area contributed by atoms with Crippen molar-refractivity contribution in [3.05, 3.63) is 28.8 Å². The number of aromatic hydroxyl groups is 1. The molecule has 0 atom stereocenters. The van der Waals surface area contributed by atoms with Crippen LogP contribution in [0.4, 0.5) is 4.79 Å². The van der Waals surface area contributed by atoms with Gasteiger partial charge in [0.05, 0.1) is 5.02 Å². The zero-order valence-electron chi connectivity index (χ0n) is 9.94. The van der Waals surface area contributed by atoms with Gasteiger partial charge in [-0.1, -0.05) is 29.4 Å². The third-order valence-corrected chi connectivity index (χ3v) is 3.70. The number of hydrogen-bond acceptors (Lipinski definition) is 3. The number of amides is 1. The fraction of sp³-hybridized carbons (Fsp3) is 0.417. The molecule has 1 aromatic rings. The number of rotatable bonds is 4. The highest BCUT2D eigenvalue weighted by atomic mass is 35.5.